The first-order valence-corrected chi connectivity index (χ1v) is 7.63. The van der Waals surface area contributed by atoms with Gasteiger partial charge in [-0.15, -0.1) is 0 Å². The van der Waals surface area contributed by atoms with E-state index in [0.717, 1.165) is 17.9 Å². The van der Waals surface area contributed by atoms with Crippen molar-refractivity contribution in [3.63, 3.8) is 0 Å². The highest BCUT2D eigenvalue weighted by atomic mass is 32.2. The second kappa shape index (κ2) is 6.43. The molecule has 0 fully saturated rings. The third-order valence-electron chi connectivity index (χ3n) is 3.40. The largest absolute Gasteiger partial charge is 0.271 e. The van der Waals surface area contributed by atoms with Crippen LogP contribution >= 0.6 is 11.8 Å². The second-order valence-electron chi connectivity index (χ2n) is 4.68. The van der Waals surface area contributed by atoms with E-state index in [1.54, 1.807) is 11.1 Å². The first-order chi connectivity index (χ1) is 8.33. The molecule has 1 aromatic rings. The number of nitrogens with two attached hydrogens (primary N) is 1. The molecule has 0 spiro atoms. The van der Waals surface area contributed by atoms with E-state index in [1.807, 2.05) is 11.8 Å². The zero-order valence-electron chi connectivity index (χ0n) is 10.5. The molecule has 0 saturated heterocycles. The number of thioether (sulfide) groups is 1. The molecular formula is C14H22N2S. The Bertz CT molecular complexity index is 365. The molecule has 94 valence electrons. The molecule has 0 radical (unpaired) electrons. The summed E-state index contributed by atoms with van der Waals surface area (Å²) >= 11 is 1.94. The molecule has 17 heavy (non-hydrogen) atoms. The summed E-state index contributed by atoms with van der Waals surface area (Å²) in [5, 5.41) is 0. The van der Waals surface area contributed by atoms with Crippen molar-refractivity contribution in [2.24, 2.45) is 5.84 Å². The summed E-state index contributed by atoms with van der Waals surface area (Å²) in [4.78, 5) is 0. The Morgan fingerprint density at radius 1 is 1.35 bits per heavy atom. The molecule has 3 heteroatoms. The molecular weight excluding hydrogens is 228 g/mol. The molecule has 2 nitrogen and oxygen atoms in total. The number of nitrogens with one attached hydrogen (secondary N) is 1. The quantitative estimate of drug-likeness (QED) is 0.601. The molecule has 1 aliphatic rings. The van der Waals surface area contributed by atoms with Crippen LogP contribution in [0.4, 0.5) is 0 Å². The van der Waals surface area contributed by atoms with Gasteiger partial charge in [0.25, 0.3) is 0 Å². The van der Waals surface area contributed by atoms with Crippen molar-refractivity contribution in [1.82, 2.24) is 5.43 Å². The van der Waals surface area contributed by atoms with Gasteiger partial charge in [-0.3, -0.25) is 11.3 Å². The summed E-state index contributed by atoms with van der Waals surface area (Å²) in [7, 11) is 0. The van der Waals surface area contributed by atoms with Crippen molar-refractivity contribution in [3.05, 3.63) is 34.9 Å². The molecule has 0 heterocycles. The summed E-state index contributed by atoms with van der Waals surface area (Å²) in [6.07, 6.45) is 4.88. The van der Waals surface area contributed by atoms with Crippen molar-refractivity contribution in [3.8, 4) is 0 Å². The number of rotatable bonds is 6. The maximum Gasteiger partial charge on any atom is 0.0341 e. The van der Waals surface area contributed by atoms with Crippen LogP contribution in [0.5, 0.6) is 0 Å². The summed E-state index contributed by atoms with van der Waals surface area (Å²) in [6.45, 7) is 2.19. The molecule has 3 N–H and O–H groups in total. The highest BCUT2D eigenvalue weighted by Gasteiger charge is 2.13. The van der Waals surface area contributed by atoms with Crippen molar-refractivity contribution < 1.29 is 0 Å². The number of hydrogen-bond acceptors (Lipinski definition) is 3. The van der Waals surface area contributed by atoms with E-state index in [0.29, 0.717) is 6.04 Å². The van der Waals surface area contributed by atoms with E-state index in [4.69, 9.17) is 5.84 Å². The second-order valence-corrected chi connectivity index (χ2v) is 6.00. The summed E-state index contributed by atoms with van der Waals surface area (Å²) < 4.78 is 0. The van der Waals surface area contributed by atoms with Crippen LogP contribution in [0.1, 0.15) is 30.0 Å². The summed E-state index contributed by atoms with van der Waals surface area (Å²) in [5.74, 6) is 7.85. The standard InChI is InChI=1S/C14H22N2S/c1-2-17-10-14(16-15)9-11-6-7-12-4-3-5-13(12)8-11/h6-8,14,16H,2-5,9-10,15H2,1H3. The Morgan fingerprint density at radius 3 is 2.94 bits per heavy atom. The molecule has 0 aliphatic heterocycles. The van der Waals surface area contributed by atoms with Gasteiger partial charge >= 0.3 is 0 Å². The van der Waals surface area contributed by atoms with Crippen LogP contribution in [0, 0.1) is 0 Å². The first kappa shape index (κ1) is 12.9. The van der Waals surface area contributed by atoms with Gasteiger partial charge in [0.15, 0.2) is 0 Å². The van der Waals surface area contributed by atoms with Crippen LogP contribution in [-0.2, 0) is 19.3 Å². The minimum Gasteiger partial charge on any atom is -0.271 e. The van der Waals surface area contributed by atoms with E-state index in [-0.39, 0.29) is 0 Å². The Hall–Kier alpha value is -0.510. The topological polar surface area (TPSA) is 38.0 Å². The lowest BCUT2D eigenvalue weighted by Crippen LogP contribution is -2.38. The van der Waals surface area contributed by atoms with Gasteiger partial charge in [0.05, 0.1) is 0 Å². The van der Waals surface area contributed by atoms with Gasteiger partial charge in [0.1, 0.15) is 0 Å². The van der Waals surface area contributed by atoms with Crippen LogP contribution in [0.3, 0.4) is 0 Å². The van der Waals surface area contributed by atoms with Crippen LogP contribution in [0.15, 0.2) is 18.2 Å². The lowest BCUT2D eigenvalue weighted by Gasteiger charge is -2.15. The van der Waals surface area contributed by atoms with Crippen LogP contribution < -0.4 is 11.3 Å². The lowest BCUT2D eigenvalue weighted by atomic mass is 10.0. The van der Waals surface area contributed by atoms with Gasteiger partial charge in [0, 0.05) is 11.8 Å². The van der Waals surface area contributed by atoms with Crippen molar-refractivity contribution in [2.75, 3.05) is 11.5 Å². The molecule has 2 rings (SSSR count). The first-order valence-electron chi connectivity index (χ1n) is 6.48. The van der Waals surface area contributed by atoms with Gasteiger partial charge in [-0.05, 0) is 48.1 Å². The normalized spacial score (nSPS) is 15.9. The van der Waals surface area contributed by atoms with Gasteiger partial charge < -0.3 is 0 Å². The van der Waals surface area contributed by atoms with Gasteiger partial charge in [-0.2, -0.15) is 11.8 Å². The number of hydrazine groups is 1. The minimum atomic E-state index is 0.388. The number of hydrogen-bond donors (Lipinski definition) is 2. The van der Waals surface area contributed by atoms with E-state index < -0.39 is 0 Å². The minimum absolute atomic E-state index is 0.388. The molecule has 0 bridgehead atoms. The Morgan fingerprint density at radius 2 is 2.18 bits per heavy atom. The Labute approximate surface area is 108 Å². The fourth-order valence-electron chi connectivity index (χ4n) is 2.46. The van der Waals surface area contributed by atoms with Crippen molar-refractivity contribution >= 4 is 11.8 Å². The summed E-state index contributed by atoms with van der Waals surface area (Å²) in [5.41, 5.74) is 7.46. The average molecular weight is 250 g/mol. The number of benzene rings is 1. The maximum absolute atomic E-state index is 5.61. The fourth-order valence-corrected chi connectivity index (χ4v) is 3.20. The number of fused-ring (bicyclic) bond motifs is 1. The predicted molar refractivity (Wildman–Crippen MR) is 76.3 cm³/mol. The third-order valence-corrected chi connectivity index (χ3v) is 4.45. The van der Waals surface area contributed by atoms with Gasteiger partial charge in [0.2, 0.25) is 0 Å². The highest BCUT2D eigenvalue weighted by molar-refractivity contribution is 7.99. The van der Waals surface area contributed by atoms with Crippen LogP contribution in [0.25, 0.3) is 0 Å². The highest BCUT2D eigenvalue weighted by Crippen LogP contribution is 2.23. The molecule has 1 unspecified atom stereocenters. The molecule has 0 saturated carbocycles. The molecule has 1 aromatic carbocycles. The zero-order chi connectivity index (χ0) is 12.1. The molecule has 1 atom stereocenters. The number of aryl methyl sites for hydroxylation is 2. The third kappa shape index (κ3) is 3.47. The fraction of sp³-hybridized carbons (Fsp3) is 0.571. The Kier molecular flexibility index (Phi) is 4.89. The van der Waals surface area contributed by atoms with Crippen molar-refractivity contribution in [1.29, 1.82) is 0 Å². The van der Waals surface area contributed by atoms with E-state index >= 15 is 0 Å². The van der Waals surface area contributed by atoms with Gasteiger partial charge in [-0.25, -0.2) is 0 Å². The Balaban J connectivity index is 1.97. The lowest BCUT2D eigenvalue weighted by molar-refractivity contribution is 0.575. The SMILES string of the molecule is CCSCC(Cc1ccc2c(c1)CCC2)NN. The maximum atomic E-state index is 5.61. The van der Waals surface area contributed by atoms with E-state index in [9.17, 15) is 0 Å². The van der Waals surface area contributed by atoms with Crippen molar-refractivity contribution in [2.45, 2.75) is 38.6 Å². The molecule has 1 aliphatic carbocycles. The van der Waals surface area contributed by atoms with Gasteiger partial charge in [-0.1, -0.05) is 25.1 Å². The summed E-state index contributed by atoms with van der Waals surface area (Å²) in [6, 6.07) is 7.34. The molecule has 0 aromatic heterocycles. The zero-order valence-corrected chi connectivity index (χ0v) is 11.4. The average Bonchev–Trinajstić information content (AvgIpc) is 2.81. The van der Waals surface area contributed by atoms with E-state index in [1.165, 1.54) is 24.8 Å². The monoisotopic (exact) mass is 250 g/mol. The van der Waals surface area contributed by atoms with E-state index in [2.05, 4.69) is 30.5 Å². The molecule has 0 amide bonds. The smallest absolute Gasteiger partial charge is 0.0341 e. The van der Waals surface area contributed by atoms with Crippen LogP contribution in [0.2, 0.25) is 0 Å². The van der Waals surface area contributed by atoms with Crippen LogP contribution in [-0.4, -0.2) is 17.5 Å². The predicted octanol–water partition coefficient (Wildman–Crippen LogP) is 2.30.